The number of carbonyl (C=O) groups is 1. The van der Waals surface area contributed by atoms with Gasteiger partial charge in [0.05, 0.1) is 6.20 Å². The summed E-state index contributed by atoms with van der Waals surface area (Å²) in [6.07, 6.45) is 4.49. The van der Waals surface area contributed by atoms with Crippen LogP contribution in [0.4, 0.5) is 5.69 Å². The first-order valence-electron chi connectivity index (χ1n) is 6.15. The minimum absolute atomic E-state index is 0.159. The van der Waals surface area contributed by atoms with Gasteiger partial charge in [0.15, 0.2) is 0 Å². The molecular weight excluding hydrogens is 242 g/mol. The Morgan fingerprint density at radius 1 is 1.42 bits per heavy atom. The second-order valence-electron chi connectivity index (χ2n) is 4.47. The number of benzene rings is 1. The standard InChI is InChI=1S/C14H17N3O2/c1-17-10-12(9-16-17)8-15-13-4-2-3-11(7-13)5-6-14(18)19/h2-4,7,9-10,15H,5-6,8H2,1H3,(H,18,19). The zero-order valence-corrected chi connectivity index (χ0v) is 10.8. The van der Waals surface area contributed by atoms with Gasteiger partial charge in [-0.1, -0.05) is 12.1 Å². The molecule has 0 amide bonds. The molecular formula is C14H17N3O2. The third-order valence-corrected chi connectivity index (χ3v) is 2.81. The molecule has 0 fully saturated rings. The Labute approximate surface area is 111 Å². The second-order valence-corrected chi connectivity index (χ2v) is 4.47. The van der Waals surface area contributed by atoms with Gasteiger partial charge < -0.3 is 10.4 Å². The predicted octanol–water partition coefficient (Wildman–Crippen LogP) is 2.05. The van der Waals surface area contributed by atoms with Gasteiger partial charge in [-0.05, 0) is 24.1 Å². The van der Waals surface area contributed by atoms with Crippen molar-refractivity contribution in [3.8, 4) is 0 Å². The molecule has 0 aliphatic heterocycles. The van der Waals surface area contributed by atoms with Crippen LogP contribution >= 0.6 is 0 Å². The highest BCUT2D eigenvalue weighted by Gasteiger charge is 2.01. The molecule has 0 radical (unpaired) electrons. The number of anilines is 1. The summed E-state index contributed by atoms with van der Waals surface area (Å²) < 4.78 is 1.76. The minimum atomic E-state index is -0.770. The van der Waals surface area contributed by atoms with Crippen LogP contribution in [-0.2, 0) is 24.8 Å². The van der Waals surface area contributed by atoms with Crippen LogP contribution in [0, 0.1) is 0 Å². The van der Waals surface area contributed by atoms with Gasteiger partial charge in [-0.15, -0.1) is 0 Å². The first kappa shape index (κ1) is 13.1. The van der Waals surface area contributed by atoms with Crippen LogP contribution in [0.3, 0.4) is 0 Å². The lowest BCUT2D eigenvalue weighted by molar-refractivity contribution is -0.136. The summed E-state index contributed by atoms with van der Waals surface area (Å²) in [5.41, 5.74) is 3.13. The van der Waals surface area contributed by atoms with E-state index in [0.29, 0.717) is 13.0 Å². The molecule has 0 bridgehead atoms. The molecule has 5 heteroatoms. The van der Waals surface area contributed by atoms with Crippen molar-refractivity contribution in [3.05, 3.63) is 47.8 Å². The molecule has 19 heavy (non-hydrogen) atoms. The Hall–Kier alpha value is -2.30. The Balaban J connectivity index is 1.93. The van der Waals surface area contributed by atoms with Gasteiger partial charge in [-0.25, -0.2) is 0 Å². The fourth-order valence-corrected chi connectivity index (χ4v) is 1.86. The summed E-state index contributed by atoms with van der Waals surface area (Å²) in [4.78, 5) is 10.5. The fourth-order valence-electron chi connectivity index (χ4n) is 1.86. The van der Waals surface area contributed by atoms with Crippen molar-refractivity contribution in [1.82, 2.24) is 9.78 Å². The van der Waals surface area contributed by atoms with E-state index in [1.165, 1.54) is 0 Å². The van der Waals surface area contributed by atoms with E-state index in [1.807, 2.05) is 43.7 Å². The summed E-state index contributed by atoms with van der Waals surface area (Å²) in [6, 6.07) is 7.83. The molecule has 1 aromatic carbocycles. The SMILES string of the molecule is Cn1cc(CNc2cccc(CCC(=O)O)c2)cn1. The minimum Gasteiger partial charge on any atom is -0.481 e. The fraction of sp³-hybridized carbons (Fsp3) is 0.286. The van der Waals surface area contributed by atoms with Crippen molar-refractivity contribution in [1.29, 1.82) is 0 Å². The van der Waals surface area contributed by atoms with Gasteiger partial charge in [-0.2, -0.15) is 5.10 Å². The van der Waals surface area contributed by atoms with Crippen LogP contribution in [0.25, 0.3) is 0 Å². The van der Waals surface area contributed by atoms with Gasteiger partial charge in [-0.3, -0.25) is 9.48 Å². The Morgan fingerprint density at radius 3 is 2.95 bits per heavy atom. The van der Waals surface area contributed by atoms with Gasteiger partial charge in [0.2, 0.25) is 0 Å². The Bertz CT molecular complexity index is 563. The normalized spacial score (nSPS) is 10.4. The molecule has 0 saturated heterocycles. The molecule has 2 aromatic rings. The zero-order valence-electron chi connectivity index (χ0n) is 10.8. The molecule has 0 saturated carbocycles. The number of aliphatic carboxylic acids is 1. The van der Waals surface area contributed by atoms with Crippen molar-refractivity contribution < 1.29 is 9.90 Å². The highest BCUT2D eigenvalue weighted by atomic mass is 16.4. The van der Waals surface area contributed by atoms with Crippen LogP contribution in [0.2, 0.25) is 0 Å². The maximum atomic E-state index is 10.5. The molecule has 2 N–H and O–H groups in total. The second kappa shape index (κ2) is 6.04. The largest absolute Gasteiger partial charge is 0.481 e. The summed E-state index contributed by atoms with van der Waals surface area (Å²) in [7, 11) is 1.88. The van der Waals surface area contributed by atoms with Crippen LogP contribution in [-0.4, -0.2) is 20.9 Å². The lowest BCUT2D eigenvalue weighted by Gasteiger charge is -2.07. The highest BCUT2D eigenvalue weighted by Crippen LogP contribution is 2.13. The number of hydrogen-bond donors (Lipinski definition) is 2. The third-order valence-electron chi connectivity index (χ3n) is 2.81. The summed E-state index contributed by atoms with van der Waals surface area (Å²) >= 11 is 0. The van der Waals surface area contributed by atoms with Gasteiger partial charge >= 0.3 is 5.97 Å². The molecule has 100 valence electrons. The number of carboxylic acid groups (broad SMARTS) is 1. The highest BCUT2D eigenvalue weighted by molar-refractivity contribution is 5.67. The maximum Gasteiger partial charge on any atom is 0.303 e. The molecule has 2 rings (SSSR count). The first-order valence-corrected chi connectivity index (χ1v) is 6.15. The van der Waals surface area contributed by atoms with Gasteiger partial charge in [0.1, 0.15) is 0 Å². The van der Waals surface area contributed by atoms with E-state index in [9.17, 15) is 4.79 Å². The van der Waals surface area contributed by atoms with Crippen molar-refractivity contribution in [3.63, 3.8) is 0 Å². The lowest BCUT2D eigenvalue weighted by atomic mass is 10.1. The van der Waals surface area contributed by atoms with Crippen molar-refractivity contribution in [2.75, 3.05) is 5.32 Å². The average molecular weight is 259 g/mol. The number of aryl methyl sites for hydroxylation is 2. The van der Waals surface area contributed by atoms with E-state index in [2.05, 4.69) is 10.4 Å². The van der Waals surface area contributed by atoms with E-state index in [1.54, 1.807) is 4.68 Å². The Kier molecular flexibility index (Phi) is 4.18. The van der Waals surface area contributed by atoms with Crippen molar-refractivity contribution in [2.24, 2.45) is 7.05 Å². The molecule has 1 heterocycles. The smallest absolute Gasteiger partial charge is 0.303 e. The third kappa shape index (κ3) is 4.13. The molecule has 5 nitrogen and oxygen atoms in total. The van der Waals surface area contributed by atoms with Crippen molar-refractivity contribution >= 4 is 11.7 Å². The van der Waals surface area contributed by atoms with Crippen LogP contribution < -0.4 is 5.32 Å². The quantitative estimate of drug-likeness (QED) is 0.833. The van der Waals surface area contributed by atoms with Crippen molar-refractivity contribution in [2.45, 2.75) is 19.4 Å². The number of aromatic nitrogens is 2. The van der Waals surface area contributed by atoms with E-state index in [-0.39, 0.29) is 6.42 Å². The van der Waals surface area contributed by atoms with E-state index >= 15 is 0 Å². The Morgan fingerprint density at radius 2 is 2.26 bits per heavy atom. The van der Waals surface area contributed by atoms with Crippen LogP contribution in [0.15, 0.2) is 36.7 Å². The van der Waals surface area contributed by atoms with Crippen LogP contribution in [0.5, 0.6) is 0 Å². The van der Waals surface area contributed by atoms with Gasteiger partial charge in [0, 0.05) is 37.5 Å². The summed E-state index contributed by atoms with van der Waals surface area (Å²) in [5.74, 6) is -0.770. The number of carboxylic acids is 1. The van der Waals surface area contributed by atoms with E-state index in [4.69, 9.17) is 5.11 Å². The molecule has 0 spiro atoms. The molecule has 0 aliphatic rings. The van der Waals surface area contributed by atoms with E-state index < -0.39 is 5.97 Å². The number of nitrogens with one attached hydrogen (secondary N) is 1. The number of hydrogen-bond acceptors (Lipinski definition) is 3. The number of nitrogens with zero attached hydrogens (tertiary/aromatic N) is 2. The molecule has 1 aromatic heterocycles. The maximum absolute atomic E-state index is 10.5. The topological polar surface area (TPSA) is 67.2 Å². The van der Waals surface area contributed by atoms with E-state index in [0.717, 1.165) is 16.8 Å². The molecule has 0 aliphatic carbocycles. The average Bonchev–Trinajstić information content (AvgIpc) is 2.80. The zero-order chi connectivity index (χ0) is 13.7. The summed E-state index contributed by atoms with van der Waals surface area (Å²) in [5, 5.41) is 16.1. The first-order chi connectivity index (χ1) is 9.13. The number of rotatable bonds is 6. The summed E-state index contributed by atoms with van der Waals surface area (Å²) in [6.45, 7) is 0.705. The predicted molar refractivity (Wildman–Crippen MR) is 72.9 cm³/mol. The van der Waals surface area contributed by atoms with Gasteiger partial charge in [0.25, 0.3) is 0 Å². The van der Waals surface area contributed by atoms with Crippen LogP contribution in [0.1, 0.15) is 17.5 Å². The molecule has 0 atom stereocenters. The molecule has 0 unspecified atom stereocenters. The monoisotopic (exact) mass is 259 g/mol. The lowest BCUT2D eigenvalue weighted by Crippen LogP contribution is -2.00.